The molecule has 0 aromatic heterocycles. The maximum absolute atomic E-state index is 13.0. The molecule has 1 aliphatic heterocycles. The van der Waals surface area contributed by atoms with Crippen LogP contribution in [-0.2, 0) is 17.8 Å². The molecule has 1 aliphatic rings. The van der Waals surface area contributed by atoms with Crippen molar-refractivity contribution in [2.75, 3.05) is 18.9 Å². The van der Waals surface area contributed by atoms with Crippen molar-refractivity contribution in [3.05, 3.63) is 70.0 Å². The second-order valence-electron chi connectivity index (χ2n) is 5.96. The van der Waals surface area contributed by atoms with Crippen molar-refractivity contribution in [2.45, 2.75) is 13.0 Å². The van der Waals surface area contributed by atoms with Crippen molar-refractivity contribution in [3.8, 4) is 0 Å². The van der Waals surface area contributed by atoms with E-state index in [0.717, 1.165) is 25.2 Å². The van der Waals surface area contributed by atoms with Crippen molar-refractivity contribution in [2.24, 2.45) is 0 Å². The van der Waals surface area contributed by atoms with Crippen molar-refractivity contribution in [1.82, 2.24) is 4.90 Å². The molecule has 1 amide bonds. The topological polar surface area (TPSA) is 32.3 Å². The molecule has 124 valence electrons. The van der Waals surface area contributed by atoms with Gasteiger partial charge >= 0.3 is 0 Å². The smallest absolute Gasteiger partial charge is 0.248 e. The Morgan fingerprint density at radius 1 is 1.25 bits per heavy atom. The molecule has 0 saturated heterocycles. The van der Waals surface area contributed by atoms with Crippen LogP contribution in [0.3, 0.4) is 0 Å². The lowest BCUT2D eigenvalue weighted by atomic mass is 9.99. The summed E-state index contributed by atoms with van der Waals surface area (Å²) in [5, 5.41) is 3.12. The van der Waals surface area contributed by atoms with Crippen LogP contribution >= 0.6 is 11.6 Å². The van der Waals surface area contributed by atoms with Crippen molar-refractivity contribution in [3.63, 3.8) is 0 Å². The van der Waals surface area contributed by atoms with E-state index in [4.69, 9.17) is 11.6 Å². The Kier molecular flexibility index (Phi) is 4.97. The summed E-state index contributed by atoms with van der Waals surface area (Å²) < 4.78 is 13.0. The van der Waals surface area contributed by atoms with Gasteiger partial charge in [0.15, 0.2) is 0 Å². The number of hydrogen-bond acceptors (Lipinski definition) is 2. The molecule has 0 radical (unpaired) electrons. The number of likely N-dealkylation sites (N-methyl/N-ethyl adjacent to an activating group) is 1. The number of carbonyl (C=O) groups excluding carboxylic acids is 1. The number of benzene rings is 2. The predicted octanol–water partition coefficient (Wildman–Crippen LogP) is 4.12. The van der Waals surface area contributed by atoms with E-state index in [1.807, 2.05) is 12.1 Å². The Morgan fingerprint density at radius 2 is 2.08 bits per heavy atom. The molecule has 2 aromatic rings. The maximum atomic E-state index is 13.0. The molecule has 2 aromatic carbocycles. The zero-order valence-electron chi connectivity index (χ0n) is 13.4. The first-order chi connectivity index (χ1) is 11.5. The number of nitrogens with one attached hydrogen (secondary N) is 1. The lowest BCUT2D eigenvalue weighted by molar-refractivity contribution is -0.111. The molecule has 5 heteroatoms. The second kappa shape index (κ2) is 7.16. The molecule has 0 fully saturated rings. The molecule has 1 N–H and O–H groups in total. The fraction of sp³-hybridized carbons (Fsp3) is 0.211. The summed E-state index contributed by atoms with van der Waals surface area (Å²) in [6, 6.07) is 10.1. The summed E-state index contributed by atoms with van der Waals surface area (Å²) in [6.45, 7) is 1.94. The number of anilines is 1. The Labute approximate surface area is 145 Å². The van der Waals surface area contributed by atoms with E-state index in [-0.39, 0.29) is 10.9 Å². The first-order valence-corrected chi connectivity index (χ1v) is 8.13. The molecule has 0 atom stereocenters. The van der Waals surface area contributed by atoms with Crippen LogP contribution in [-0.4, -0.2) is 24.4 Å². The Morgan fingerprint density at radius 3 is 2.88 bits per heavy atom. The lowest BCUT2D eigenvalue weighted by Crippen LogP contribution is -2.26. The average molecular weight is 345 g/mol. The van der Waals surface area contributed by atoms with Crippen LogP contribution in [0, 0.1) is 5.82 Å². The number of nitrogens with zero attached hydrogens (tertiary/aromatic N) is 1. The monoisotopic (exact) mass is 344 g/mol. The summed E-state index contributed by atoms with van der Waals surface area (Å²) in [5.74, 6) is -0.653. The molecule has 0 bridgehead atoms. The van der Waals surface area contributed by atoms with Gasteiger partial charge in [-0.05, 0) is 60.5 Å². The highest BCUT2D eigenvalue weighted by atomic mass is 35.5. The van der Waals surface area contributed by atoms with Gasteiger partial charge in [0.1, 0.15) is 5.82 Å². The van der Waals surface area contributed by atoms with Crippen LogP contribution in [0.5, 0.6) is 0 Å². The molecule has 0 spiro atoms. The third-order valence-corrected chi connectivity index (χ3v) is 4.38. The highest BCUT2D eigenvalue weighted by Gasteiger charge is 2.13. The predicted molar refractivity (Wildman–Crippen MR) is 95.6 cm³/mol. The van der Waals surface area contributed by atoms with Crippen LogP contribution in [0.4, 0.5) is 10.1 Å². The first kappa shape index (κ1) is 16.7. The number of rotatable bonds is 3. The summed E-state index contributed by atoms with van der Waals surface area (Å²) in [7, 11) is 2.09. The van der Waals surface area contributed by atoms with Crippen LogP contribution in [0.1, 0.15) is 16.7 Å². The molecular weight excluding hydrogens is 327 g/mol. The molecule has 24 heavy (non-hydrogen) atoms. The number of hydrogen-bond donors (Lipinski definition) is 1. The van der Waals surface area contributed by atoms with E-state index in [0.29, 0.717) is 5.56 Å². The summed E-state index contributed by atoms with van der Waals surface area (Å²) >= 11 is 5.94. The van der Waals surface area contributed by atoms with Gasteiger partial charge in [0.05, 0.1) is 5.02 Å². The Bertz CT molecular complexity index is 804. The van der Waals surface area contributed by atoms with E-state index in [9.17, 15) is 9.18 Å². The number of carbonyl (C=O) groups is 1. The molecule has 0 unspecified atom stereocenters. The average Bonchev–Trinajstić information content (AvgIpc) is 2.53. The number of amides is 1. The largest absolute Gasteiger partial charge is 0.323 e. The highest BCUT2D eigenvalue weighted by Crippen LogP contribution is 2.22. The van der Waals surface area contributed by atoms with Gasteiger partial charge in [0.25, 0.3) is 0 Å². The van der Waals surface area contributed by atoms with Gasteiger partial charge in [0.2, 0.25) is 5.91 Å². The van der Waals surface area contributed by atoms with Crippen LogP contribution in [0.2, 0.25) is 5.02 Å². The first-order valence-electron chi connectivity index (χ1n) is 7.76. The third-order valence-electron chi connectivity index (χ3n) is 4.05. The molecule has 3 nitrogen and oxygen atoms in total. The highest BCUT2D eigenvalue weighted by molar-refractivity contribution is 6.32. The minimum absolute atomic E-state index is 0.250. The number of halogens is 2. The minimum atomic E-state index is -0.402. The van der Waals surface area contributed by atoms with Gasteiger partial charge in [-0.15, -0.1) is 0 Å². The molecule has 3 rings (SSSR count). The fourth-order valence-electron chi connectivity index (χ4n) is 2.76. The Hall–Kier alpha value is -2.17. The van der Waals surface area contributed by atoms with E-state index in [2.05, 4.69) is 23.3 Å². The van der Waals surface area contributed by atoms with E-state index in [1.54, 1.807) is 6.08 Å². The minimum Gasteiger partial charge on any atom is -0.323 e. The van der Waals surface area contributed by atoms with Gasteiger partial charge in [-0.2, -0.15) is 0 Å². The fourth-order valence-corrected chi connectivity index (χ4v) is 2.99. The van der Waals surface area contributed by atoms with Crippen molar-refractivity contribution < 1.29 is 9.18 Å². The van der Waals surface area contributed by atoms with Crippen LogP contribution < -0.4 is 5.32 Å². The van der Waals surface area contributed by atoms with E-state index in [1.165, 1.54) is 35.4 Å². The number of fused-ring (bicyclic) bond motifs is 1. The van der Waals surface area contributed by atoms with Crippen LogP contribution in [0.25, 0.3) is 6.08 Å². The zero-order valence-corrected chi connectivity index (χ0v) is 14.1. The zero-order chi connectivity index (χ0) is 17.1. The quantitative estimate of drug-likeness (QED) is 0.849. The Balaban J connectivity index is 1.68. The van der Waals surface area contributed by atoms with Crippen molar-refractivity contribution in [1.29, 1.82) is 0 Å². The van der Waals surface area contributed by atoms with Crippen molar-refractivity contribution >= 4 is 29.3 Å². The maximum Gasteiger partial charge on any atom is 0.248 e. The van der Waals surface area contributed by atoms with Gasteiger partial charge in [-0.1, -0.05) is 23.7 Å². The lowest BCUT2D eigenvalue weighted by Gasteiger charge is -2.25. The van der Waals surface area contributed by atoms with E-state index >= 15 is 0 Å². The SMILES string of the molecule is CN1CCc2ccc(NC(=O)/C=C/c3ccc(F)cc3Cl)cc2C1. The summed E-state index contributed by atoms with van der Waals surface area (Å²) in [6.07, 6.45) is 4.00. The molecule has 0 saturated carbocycles. The third kappa shape index (κ3) is 4.02. The molecule has 1 heterocycles. The standard InChI is InChI=1S/C19H18ClFN2O/c1-23-9-8-13-3-6-17(10-15(13)12-23)22-19(24)7-4-14-2-5-16(21)11-18(14)20/h2-7,10-11H,8-9,12H2,1H3,(H,22,24)/b7-4+. The summed E-state index contributed by atoms with van der Waals surface area (Å²) in [4.78, 5) is 14.3. The van der Waals surface area contributed by atoms with Gasteiger partial charge < -0.3 is 10.2 Å². The van der Waals surface area contributed by atoms with Gasteiger partial charge in [-0.3, -0.25) is 4.79 Å². The van der Waals surface area contributed by atoms with Crippen LogP contribution in [0.15, 0.2) is 42.5 Å². The second-order valence-corrected chi connectivity index (χ2v) is 6.37. The van der Waals surface area contributed by atoms with E-state index < -0.39 is 5.82 Å². The molecular formula is C19H18ClFN2O. The normalized spacial score (nSPS) is 14.6. The summed E-state index contributed by atoms with van der Waals surface area (Å²) in [5.41, 5.74) is 3.94. The van der Waals surface area contributed by atoms with Gasteiger partial charge in [0, 0.05) is 24.9 Å². The molecule has 0 aliphatic carbocycles. The van der Waals surface area contributed by atoms with Gasteiger partial charge in [-0.25, -0.2) is 4.39 Å².